The van der Waals surface area contributed by atoms with Crippen LogP contribution in [-0.2, 0) is 4.79 Å². The number of furan rings is 1. The molecule has 0 aliphatic carbocycles. The zero-order valence-corrected chi connectivity index (χ0v) is 12.1. The van der Waals surface area contributed by atoms with Gasteiger partial charge >= 0.3 is 5.97 Å². The van der Waals surface area contributed by atoms with Crippen LogP contribution in [-0.4, -0.2) is 21.3 Å². The summed E-state index contributed by atoms with van der Waals surface area (Å²) in [5.41, 5.74) is 0. The van der Waals surface area contributed by atoms with Crippen LogP contribution >= 0.6 is 34.4 Å². The number of carbonyl (C=O) groups is 1. The highest BCUT2D eigenvalue weighted by molar-refractivity contribution is 14.1. The van der Waals surface area contributed by atoms with E-state index in [2.05, 4.69) is 10.2 Å². The van der Waals surface area contributed by atoms with Crippen LogP contribution in [0.2, 0.25) is 0 Å². The summed E-state index contributed by atoms with van der Waals surface area (Å²) < 4.78 is 11.1. The Balaban J connectivity index is 2.23. The second kappa shape index (κ2) is 5.57. The molecule has 0 saturated heterocycles. The molecule has 0 aromatic carbocycles. The number of carboxylic acids is 1. The van der Waals surface area contributed by atoms with Gasteiger partial charge < -0.3 is 13.9 Å². The molecule has 8 heteroatoms. The van der Waals surface area contributed by atoms with Crippen LogP contribution in [0.1, 0.15) is 11.7 Å². The van der Waals surface area contributed by atoms with Gasteiger partial charge in [0.05, 0.1) is 0 Å². The molecule has 2 heterocycles. The largest absolute Gasteiger partial charge is 0.477 e. The Labute approximate surface area is 120 Å². The van der Waals surface area contributed by atoms with Crippen LogP contribution in [0.25, 0.3) is 6.08 Å². The van der Waals surface area contributed by atoms with E-state index < -0.39 is 5.97 Å². The summed E-state index contributed by atoms with van der Waals surface area (Å²) in [6.07, 6.45) is 1.41. The fourth-order valence-corrected chi connectivity index (χ4v) is 2.21. The van der Waals surface area contributed by atoms with E-state index >= 15 is 0 Å². The van der Waals surface area contributed by atoms with Gasteiger partial charge in [-0.1, -0.05) is 0 Å². The molecule has 0 radical (unpaired) electrons. The van der Waals surface area contributed by atoms with E-state index in [0.29, 0.717) is 15.4 Å². The monoisotopic (exact) mass is 378 g/mol. The Hall–Kier alpha value is -1.29. The first kappa shape index (κ1) is 13.1. The molecular weight excluding hydrogens is 371 g/mol. The summed E-state index contributed by atoms with van der Waals surface area (Å²) >= 11 is 2.88. The highest BCUT2D eigenvalue weighted by Gasteiger charge is 2.15. The lowest BCUT2D eigenvalue weighted by atomic mass is 10.4. The summed E-state index contributed by atoms with van der Waals surface area (Å²) in [6.45, 7) is 1.64. The van der Waals surface area contributed by atoms with Crippen molar-refractivity contribution in [2.24, 2.45) is 0 Å². The normalized spacial score (nSPS) is 11.8. The molecule has 2 aromatic rings. The number of aromatic nitrogens is 2. The van der Waals surface area contributed by atoms with Crippen LogP contribution in [0.4, 0.5) is 0 Å². The van der Waals surface area contributed by atoms with Gasteiger partial charge in [0.15, 0.2) is 3.77 Å². The minimum Gasteiger partial charge on any atom is -0.477 e. The number of aryl methyl sites for hydroxylation is 1. The average Bonchev–Trinajstić information content (AvgIpc) is 2.87. The minimum atomic E-state index is -1.08. The second-order valence-corrected chi connectivity index (χ2v) is 5.20. The van der Waals surface area contributed by atoms with Gasteiger partial charge in [-0.25, -0.2) is 4.79 Å². The van der Waals surface area contributed by atoms with Crippen LogP contribution in [0, 0.1) is 10.7 Å². The molecule has 2 rings (SSSR count). The lowest BCUT2D eigenvalue weighted by molar-refractivity contribution is -0.131. The number of thioether (sulfide) groups is 1. The molecule has 94 valence electrons. The third kappa shape index (κ3) is 3.35. The second-order valence-electron chi connectivity index (χ2n) is 3.14. The smallest absolute Gasteiger partial charge is 0.342 e. The number of halogens is 1. The maximum absolute atomic E-state index is 11.1. The number of nitrogens with zero attached hydrogens (tertiary/aromatic N) is 2. The Kier molecular flexibility index (Phi) is 4.07. The lowest BCUT2D eigenvalue weighted by Crippen LogP contribution is -1.96. The molecule has 18 heavy (non-hydrogen) atoms. The third-order valence-electron chi connectivity index (χ3n) is 1.78. The predicted molar refractivity (Wildman–Crippen MR) is 71.9 cm³/mol. The molecule has 0 amide bonds. The van der Waals surface area contributed by atoms with Gasteiger partial charge in [0.2, 0.25) is 5.89 Å². The molecule has 0 atom stereocenters. The maximum Gasteiger partial charge on any atom is 0.342 e. The van der Waals surface area contributed by atoms with E-state index in [1.54, 1.807) is 19.1 Å². The van der Waals surface area contributed by atoms with Gasteiger partial charge in [0, 0.05) is 13.0 Å². The quantitative estimate of drug-likeness (QED) is 0.497. The Morgan fingerprint density at radius 2 is 2.22 bits per heavy atom. The third-order valence-corrected chi connectivity index (χ3v) is 3.21. The van der Waals surface area contributed by atoms with E-state index in [9.17, 15) is 4.79 Å². The Morgan fingerprint density at radius 1 is 1.44 bits per heavy atom. The van der Waals surface area contributed by atoms with Crippen molar-refractivity contribution in [3.8, 4) is 0 Å². The van der Waals surface area contributed by atoms with Crippen molar-refractivity contribution in [3.63, 3.8) is 0 Å². The van der Waals surface area contributed by atoms with E-state index in [1.165, 1.54) is 6.08 Å². The van der Waals surface area contributed by atoms with E-state index in [0.717, 1.165) is 11.8 Å². The molecule has 0 aliphatic rings. The SMILES string of the molecule is Cc1nnc(S/C(=C/c2ccc(I)o2)C(=O)O)o1. The van der Waals surface area contributed by atoms with E-state index in [4.69, 9.17) is 13.9 Å². The number of hydrogen-bond acceptors (Lipinski definition) is 6. The van der Waals surface area contributed by atoms with Gasteiger partial charge in [0.25, 0.3) is 5.22 Å². The molecule has 6 nitrogen and oxygen atoms in total. The lowest BCUT2D eigenvalue weighted by Gasteiger charge is -1.96. The minimum absolute atomic E-state index is 0.0457. The first-order chi connectivity index (χ1) is 8.54. The molecule has 0 spiro atoms. The number of aliphatic carboxylic acids is 1. The molecular formula is C10H7IN2O4S. The van der Waals surface area contributed by atoms with Crippen LogP contribution < -0.4 is 0 Å². The summed E-state index contributed by atoms with van der Waals surface area (Å²) in [7, 11) is 0. The summed E-state index contributed by atoms with van der Waals surface area (Å²) in [5, 5.41) is 16.6. The molecule has 0 unspecified atom stereocenters. The zero-order chi connectivity index (χ0) is 13.1. The van der Waals surface area contributed by atoms with Gasteiger partial charge in [-0.2, -0.15) is 0 Å². The van der Waals surface area contributed by atoms with Crippen molar-refractivity contribution in [2.45, 2.75) is 12.1 Å². The van der Waals surface area contributed by atoms with E-state index in [1.807, 2.05) is 22.6 Å². The number of carboxylic acid groups (broad SMARTS) is 1. The fourth-order valence-electron chi connectivity index (χ4n) is 1.08. The Bertz CT molecular complexity index is 605. The molecule has 0 aliphatic heterocycles. The topological polar surface area (TPSA) is 89.4 Å². The molecule has 0 saturated carbocycles. The van der Waals surface area contributed by atoms with Crippen molar-refractivity contribution in [1.82, 2.24) is 10.2 Å². The predicted octanol–water partition coefficient (Wildman–Crippen LogP) is 2.79. The van der Waals surface area contributed by atoms with Gasteiger partial charge in [-0.3, -0.25) is 0 Å². The molecule has 0 fully saturated rings. The molecule has 0 bridgehead atoms. The van der Waals surface area contributed by atoms with Gasteiger partial charge in [-0.05, 0) is 46.5 Å². The summed E-state index contributed by atoms with van der Waals surface area (Å²) in [6, 6.07) is 3.43. The highest BCUT2D eigenvalue weighted by Crippen LogP contribution is 2.27. The van der Waals surface area contributed by atoms with Gasteiger partial charge in [-0.15, -0.1) is 10.2 Å². The summed E-state index contributed by atoms with van der Waals surface area (Å²) in [5.74, 6) is -0.238. The van der Waals surface area contributed by atoms with Crippen molar-refractivity contribution < 1.29 is 18.7 Å². The molecule has 2 aromatic heterocycles. The maximum atomic E-state index is 11.1. The van der Waals surface area contributed by atoms with E-state index in [-0.39, 0.29) is 10.1 Å². The highest BCUT2D eigenvalue weighted by atomic mass is 127. The fraction of sp³-hybridized carbons (Fsp3) is 0.100. The zero-order valence-electron chi connectivity index (χ0n) is 9.08. The van der Waals surface area contributed by atoms with Crippen molar-refractivity contribution in [1.29, 1.82) is 0 Å². The van der Waals surface area contributed by atoms with Crippen molar-refractivity contribution >= 4 is 46.4 Å². The summed E-state index contributed by atoms with van der Waals surface area (Å²) in [4.78, 5) is 11.1. The van der Waals surface area contributed by atoms with Gasteiger partial charge in [0.1, 0.15) is 10.7 Å². The number of rotatable bonds is 4. The first-order valence-corrected chi connectivity index (χ1v) is 6.62. The first-order valence-electron chi connectivity index (χ1n) is 4.73. The Morgan fingerprint density at radius 3 is 2.72 bits per heavy atom. The average molecular weight is 378 g/mol. The standard InChI is InChI=1S/C10H7IN2O4S/c1-5-12-13-10(16-5)18-7(9(14)15)4-6-2-3-8(11)17-6/h2-4H,1H3,(H,14,15)/b7-4+. The van der Waals surface area contributed by atoms with Crippen molar-refractivity contribution in [2.75, 3.05) is 0 Å². The van der Waals surface area contributed by atoms with Crippen molar-refractivity contribution in [3.05, 3.63) is 32.5 Å². The van der Waals surface area contributed by atoms with Crippen LogP contribution in [0.5, 0.6) is 0 Å². The van der Waals surface area contributed by atoms with Crippen LogP contribution in [0.15, 0.2) is 31.1 Å². The van der Waals surface area contributed by atoms with Crippen LogP contribution in [0.3, 0.4) is 0 Å². The number of hydrogen-bond donors (Lipinski definition) is 1. The molecule has 1 N–H and O–H groups in total.